The average molecular weight is 289 g/mol. The Labute approximate surface area is 124 Å². The zero-order chi connectivity index (χ0) is 14.8. The molecule has 1 atom stereocenters. The average Bonchev–Trinajstić information content (AvgIpc) is 2.46. The van der Waals surface area contributed by atoms with Gasteiger partial charge < -0.3 is 10.4 Å². The van der Waals surface area contributed by atoms with Gasteiger partial charge >= 0.3 is 0 Å². The maximum atomic E-state index is 13.9. The van der Waals surface area contributed by atoms with Crippen LogP contribution in [-0.4, -0.2) is 36.2 Å². The second-order valence-electron chi connectivity index (χ2n) is 5.93. The van der Waals surface area contributed by atoms with Crippen molar-refractivity contribution in [2.45, 2.75) is 25.3 Å². The molecule has 0 radical (unpaired) electrons. The number of phenols is 1. The molecule has 1 saturated heterocycles. The quantitative estimate of drug-likeness (QED) is 0.895. The summed E-state index contributed by atoms with van der Waals surface area (Å²) in [6, 6.07) is 4.77. The van der Waals surface area contributed by atoms with Gasteiger partial charge in [0.15, 0.2) is 11.6 Å². The van der Waals surface area contributed by atoms with Crippen molar-refractivity contribution in [1.29, 1.82) is 5.26 Å². The molecule has 1 saturated carbocycles. The summed E-state index contributed by atoms with van der Waals surface area (Å²) in [5.74, 6) is -0.532. The van der Waals surface area contributed by atoms with E-state index in [0.29, 0.717) is 11.5 Å². The van der Waals surface area contributed by atoms with Crippen molar-refractivity contribution in [3.05, 3.63) is 29.1 Å². The number of aromatic hydroxyl groups is 1. The summed E-state index contributed by atoms with van der Waals surface area (Å²) < 4.78 is 13.9. The van der Waals surface area contributed by atoms with E-state index in [0.717, 1.165) is 45.1 Å². The number of halogens is 1. The second kappa shape index (κ2) is 6.00. The Hall–Kier alpha value is -1.64. The van der Waals surface area contributed by atoms with E-state index >= 15 is 0 Å². The molecule has 4 nitrogen and oxygen atoms in total. The molecule has 0 spiro atoms. The number of rotatable bonds is 3. The van der Waals surface area contributed by atoms with Crippen LogP contribution in [0, 0.1) is 23.1 Å². The second-order valence-corrected chi connectivity index (χ2v) is 5.93. The summed E-state index contributed by atoms with van der Waals surface area (Å²) in [6.07, 6.45) is 3.40. The first-order chi connectivity index (χ1) is 10.2. The minimum atomic E-state index is -0.691. The fourth-order valence-corrected chi connectivity index (χ4v) is 3.37. The third-order valence-corrected chi connectivity index (χ3v) is 4.68. The molecule has 1 heterocycles. The monoisotopic (exact) mass is 289 g/mol. The number of hydrogen-bond donors (Lipinski definition) is 2. The lowest BCUT2D eigenvalue weighted by molar-refractivity contribution is 0.0815. The van der Waals surface area contributed by atoms with Crippen LogP contribution in [0.25, 0.3) is 0 Å². The van der Waals surface area contributed by atoms with Crippen LogP contribution in [0.1, 0.15) is 36.4 Å². The van der Waals surface area contributed by atoms with Gasteiger partial charge in [0.1, 0.15) is 0 Å². The van der Waals surface area contributed by atoms with Gasteiger partial charge in [0.25, 0.3) is 0 Å². The molecule has 5 heteroatoms. The van der Waals surface area contributed by atoms with Crippen LogP contribution in [0.4, 0.5) is 4.39 Å². The summed E-state index contributed by atoms with van der Waals surface area (Å²) >= 11 is 0. The summed E-state index contributed by atoms with van der Waals surface area (Å²) in [7, 11) is 0. The zero-order valence-electron chi connectivity index (χ0n) is 12.0. The lowest BCUT2D eigenvalue weighted by Gasteiger charge is -2.43. The Balaban J connectivity index is 1.99. The number of piperazine rings is 1. The first-order valence-corrected chi connectivity index (χ1v) is 7.58. The Morgan fingerprint density at radius 2 is 2.05 bits per heavy atom. The Bertz CT molecular complexity index is 559. The minimum Gasteiger partial charge on any atom is -0.505 e. The van der Waals surface area contributed by atoms with Crippen molar-refractivity contribution >= 4 is 0 Å². The maximum Gasteiger partial charge on any atom is 0.166 e. The maximum absolute atomic E-state index is 13.9. The molecular formula is C16H20FN3O. The van der Waals surface area contributed by atoms with Gasteiger partial charge in [-0.3, -0.25) is 4.90 Å². The zero-order valence-corrected chi connectivity index (χ0v) is 12.0. The molecule has 1 aromatic carbocycles. The van der Waals surface area contributed by atoms with Gasteiger partial charge in [-0.15, -0.1) is 0 Å². The predicted octanol–water partition coefficient (Wildman–Crippen LogP) is 2.15. The van der Waals surface area contributed by atoms with E-state index in [9.17, 15) is 9.50 Å². The van der Waals surface area contributed by atoms with Crippen LogP contribution < -0.4 is 5.32 Å². The molecule has 2 N–H and O–H groups in total. The Morgan fingerprint density at radius 3 is 2.62 bits per heavy atom. The lowest BCUT2D eigenvalue weighted by Crippen LogP contribution is -2.47. The highest BCUT2D eigenvalue weighted by Crippen LogP contribution is 2.44. The van der Waals surface area contributed by atoms with Gasteiger partial charge in [-0.05, 0) is 30.9 Å². The topological polar surface area (TPSA) is 59.3 Å². The third-order valence-electron chi connectivity index (χ3n) is 4.68. The summed E-state index contributed by atoms with van der Waals surface area (Å²) in [5.41, 5.74) is 0.859. The molecule has 112 valence electrons. The lowest BCUT2D eigenvalue weighted by atomic mass is 9.75. The van der Waals surface area contributed by atoms with E-state index in [-0.39, 0.29) is 17.4 Å². The highest BCUT2D eigenvalue weighted by molar-refractivity contribution is 5.44. The summed E-state index contributed by atoms with van der Waals surface area (Å²) in [4.78, 5) is 2.32. The van der Waals surface area contributed by atoms with Gasteiger partial charge in [0, 0.05) is 37.8 Å². The molecule has 1 aliphatic carbocycles. The van der Waals surface area contributed by atoms with Crippen molar-refractivity contribution in [1.82, 2.24) is 10.2 Å². The SMILES string of the molecule is N#Cc1cc(F)c(O)c([C@@H](C2CCC2)N2CCNCC2)c1. The fourth-order valence-electron chi connectivity index (χ4n) is 3.37. The van der Waals surface area contributed by atoms with E-state index in [1.165, 1.54) is 6.42 Å². The number of nitriles is 1. The molecule has 1 aromatic rings. The molecule has 0 unspecified atom stereocenters. The van der Waals surface area contributed by atoms with Crippen LogP contribution >= 0.6 is 0 Å². The van der Waals surface area contributed by atoms with Gasteiger partial charge in [0.2, 0.25) is 0 Å². The largest absolute Gasteiger partial charge is 0.505 e. The van der Waals surface area contributed by atoms with Gasteiger partial charge in [0.05, 0.1) is 11.6 Å². The van der Waals surface area contributed by atoms with E-state index in [1.807, 2.05) is 6.07 Å². The normalized spacial score (nSPS) is 21.5. The number of benzene rings is 1. The number of hydrogen-bond acceptors (Lipinski definition) is 4. The van der Waals surface area contributed by atoms with Crippen LogP contribution in [0.3, 0.4) is 0 Å². The molecule has 0 bridgehead atoms. The molecule has 2 aliphatic rings. The standard InChI is InChI=1S/C16H20FN3O/c17-14-9-11(10-18)8-13(16(14)21)15(12-2-1-3-12)20-6-4-19-5-7-20/h8-9,12,15,19,21H,1-7H2/t15-/m1/s1. The van der Waals surface area contributed by atoms with Crippen LogP contribution in [0.15, 0.2) is 12.1 Å². The summed E-state index contributed by atoms with van der Waals surface area (Å²) in [6.45, 7) is 3.59. The molecule has 0 aromatic heterocycles. The molecule has 3 rings (SSSR count). The summed E-state index contributed by atoms with van der Waals surface area (Å²) in [5, 5.41) is 22.5. The number of nitrogens with zero attached hydrogens (tertiary/aromatic N) is 2. The number of nitrogens with one attached hydrogen (secondary N) is 1. The first kappa shape index (κ1) is 14.3. The Kier molecular flexibility index (Phi) is 4.09. The van der Waals surface area contributed by atoms with Gasteiger partial charge in [-0.1, -0.05) is 6.42 Å². The molecule has 2 fully saturated rings. The van der Waals surface area contributed by atoms with Crippen molar-refractivity contribution in [3.8, 4) is 11.8 Å². The van der Waals surface area contributed by atoms with E-state index in [1.54, 1.807) is 6.07 Å². The van der Waals surface area contributed by atoms with Crippen molar-refractivity contribution < 1.29 is 9.50 Å². The van der Waals surface area contributed by atoms with Crippen molar-refractivity contribution in [2.24, 2.45) is 5.92 Å². The van der Waals surface area contributed by atoms with Crippen LogP contribution in [0.5, 0.6) is 5.75 Å². The predicted molar refractivity (Wildman–Crippen MR) is 77.3 cm³/mol. The fraction of sp³-hybridized carbons (Fsp3) is 0.562. The Morgan fingerprint density at radius 1 is 1.33 bits per heavy atom. The smallest absolute Gasteiger partial charge is 0.166 e. The third kappa shape index (κ3) is 2.74. The molecule has 0 amide bonds. The van der Waals surface area contributed by atoms with Crippen LogP contribution in [0.2, 0.25) is 0 Å². The minimum absolute atomic E-state index is 0.0173. The van der Waals surface area contributed by atoms with Gasteiger partial charge in [-0.25, -0.2) is 4.39 Å². The van der Waals surface area contributed by atoms with E-state index in [2.05, 4.69) is 10.2 Å². The molecular weight excluding hydrogens is 269 g/mol. The molecule has 21 heavy (non-hydrogen) atoms. The van der Waals surface area contributed by atoms with E-state index in [4.69, 9.17) is 5.26 Å². The van der Waals surface area contributed by atoms with Crippen LogP contribution in [-0.2, 0) is 0 Å². The molecule has 1 aliphatic heterocycles. The van der Waals surface area contributed by atoms with E-state index < -0.39 is 5.82 Å². The first-order valence-electron chi connectivity index (χ1n) is 7.58. The number of phenolic OH excluding ortho intramolecular Hbond substituents is 1. The van der Waals surface area contributed by atoms with Crippen molar-refractivity contribution in [3.63, 3.8) is 0 Å². The van der Waals surface area contributed by atoms with Crippen molar-refractivity contribution in [2.75, 3.05) is 26.2 Å². The highest BCUT2D eigenvalue weighted by Gasteiger charge is 2.35. The highest BCUT2D eigenvalue weighted by atomic mass is 19.1. The van der Waals surface area contributed by atoms with Gasteiger partial charge in [-0.2, -0.15) is 5.26 Å².